The summed E-state index contributed by atoms with van der Waals surface area (Å²) in [6.07, 6.45) is 8.58. The van der Waals surface area contributed by atoms with E-state index in [2.05, 4.69) is 49.4 Å². The molecule has 74 valence electrons. The van der Waals surface area contributed by atoms with Gasteiger partial charge >= 0.3 is 0 Å². The fraction of sp³-hybridized carbons (Fsp3) is 0.429. The maximum atomic E-state index is 2.40. The summed E-state index contributed by atoms with van der Waals surface area (Å²) in [4.78, 5) is 0. The molecule has 0 aliphatic heterocycles. The van der Waals surface area contributed by atoms with Crippen LogP contribution in [0.25, 0.3) is 0 Å². The Morgan fingerprint density at radius 2 is 2.00 bits per heavy atom. The minimum absolute atomic E-state index is 0.765. The van der Waals surface area contributed by atoms with E-state index in [1.807, 2.05) is 0 Å². The monoisotopic (exact) mass is 186 g/mol. The van der Waals surface area contributed by atoms with E-state index in [1.165, 1.54) is 24.8 Å². The Labute approximate surface area is 86.7 Å². The number of hydrogen-bond acceptors (Lipinski definition) is 0. The number of hydrogen-bond donors (Lipinski definition) is 0. The van der Waals surface area contributed by atoms with Crippen LogP contribution in [0.4, 0.5) is 0 Å². The molecule has 1 aliphatic rings. The van der Waals surface area contributed by atoms with Crippen molar-refractivity contribution in [2.75, 3.05) is 0 Å². The average molecular weight is 186 g/mol. The number of allylic oxidation sites excluding steroid dienone is 2. The average Bonchev–Trinajstić information content (AvgIpc) is 2.19. The maximum Gasteiger partial charge on any atom is -0.0190 e. The molecule has 0 nitrogen and oxygen atoms in total. The highest BCUT2D eigenvalue weighted by atomic mass is 14.2. The van der Waals surface area contributed by atoms with Gasteiger partial charge in [-0.1, -0.05) is 49.4 Å². The van der Waals surface area contributed by atoms with Gasteiger partial charge in [-0.15, -0.1) is 0 Å². The number of benzene rings is 1. The predicted octanol–water partition coefficient (Wildman–Crippen LogP) is 3.83. The van der Waals surface area contributed by atoms with Crippen molar-refractivity contribution in [1.82, 2.24) is 0 Å². The van der Waals surface area contributed by atoms with Gasteiger partial charge in [0.05, 0.1) is 0 Å². The number of rotatable bonds is 2. The molecule has 14 heavy (non-hydrogen) atoms. The molecule has 0 fully saturated rings. The summed E-state index contributed by atoms with van der Waals surface area (Å²) < 4.78 is 0. The molecule has 2 atom stereocenters. The molecule has 0 saturated carbocycles. The van der Waals surface area contributed by atoms with Crippen LogP contribution in [0.3, 0.4) is 0 Å². The lowest BCUT2D eigenvalue weighted by Crippen LogP contribution is -2.10. The van der Waals surface area contributed by atoms with Gasteiger partial charge in [0, 0.05) is 0 Å². The van der Waals surface area contributed by atoms with Crippen LogP contribution in [0.1, 0.15) is 25.3 Å². The lowest BCUT2D eigenvalue weighted by molar-refractivity contribution is 0.425. The molecule has 0 spiro atoms. The van der Waals surface area contributed by atoms with Crippen molar-refractivity contribution in [3.05, 3.63) is 48.0 Å². The summed E-state index contributed by atoms with van der Waals surface area (Å²) in [5.74, 6) is 1.63. The first-order chi connectivity index (χ1) is 6.84. The van der Waals surface area contributed by atoms with Crippen LogP contribution >= 0.6 is 0 Å². The van der Waals surface area contributed by atoms with Crippen molar-refractivity contribution < 1.29 is 0 Å². The predicted molar refractivity (Wildman–Crippen MR) is 61.2 cm³/mol. The standard InChI is InChI=1S/C14H18/c1-12-6-5-9-14(10-12)11-13-7-3-2-4-8-13/h2-5,7-9,12,14H,6,10-11H2,1H3. The van der Waals surface area contributed by atoms with Gasteiger partial charge in [0.15, 0.2) is 0 Å². The summed E-state index contributed by atoms with van der Waals surface area (Å²) >= 11 is 0. The van der Waals surface area contributed by atoms with Crippen molar-refractivity contribution in [1.29, 1.82) is 0 Å². The van der Waals surface area contributed by atoms with Gasteiger partial charge in [0.25, 0.3) is 0 Å². The lowest BCUT2D eigenvalue weighted by atomic mass is 9.84. The Kier molecular flexibility index (Phi) is 3.03. The van der Waals surface area contributed by atoms with Gasteiger partial charge in [-0.3, -0.25) is 0 Å². The summed E-state index contributed by atoms with van der Waals surface area (Å²) in [7, 11) is 0. The molecule has 2 rings (SSSR count). The third-order valence-electron chi connectivity index (χ3n) is 2.99. The van der Waals surface area contributed by atoms with Crippen LogP contribution in [0.15, 0.2) is 42.5 Å². The SMILES string of the molecule is CC1CC=CC(Cc2ccccc2)C1. The normalized spacial score (nSPS) is 26.4. The Hall–Kier alpha value is -1.04. The lowest BCUT2D eigenvalue weighted by Gasteiger charge is -2.21. The Balaban J connectivity index is 1.98. The molecule has 0 saturated heterocycles. The quantitative estimate of drug-likeness (QED) is 0.616. The van der Waals surface area contributed by atoms with Crippen LogP contribution in [0.2, 0.25) is 0 Å². The Bertz CT molecular complexity index is 297. The molecule has 1 aliphatic carbocycles. The van der Waals surface area contributed by atoms with Crippen LogP contribution in [-0.2, 0) is 6.42 Å². The minimum Gasteiger partial charge on any atom is -0.0880 e. The molecule has 0 radical (unpaired) electrons. The first-order valence-corrected chi connectivity index (χ1v) is 5.55. The van der Waals surface area contributed by atoms with Gasteiger partial charge < -0.3 is 0 Å². The van der Waals surface area contributed by atoms with E-state index in [-0.39, 0.29) is 0 Å². The highest BCUT2D eigenvalue weighted by Gasteiger charge is 2.14. The zero-order valence-corrected chi connectivity index (χ0v) is 8.82. The van der Waals surface area contributed by atoms with Crippen LogP contribution in [0, 0.1) is 11.8 Å². The molecule has 0 N–H and O–H groups in total. The van der Waals surface area contributed by atoms with Gasteiger partial charge in [0.2, 0.25) is 0 Å². The van der Waals surface area contributed by atoms with Crippen LogP contribution < -0.4 is 0 Å². The van der Waals surface area contributed by atoms with Crippen molar-refractivity contribution >= 4 is 0 Å². The van der Waals surface area contributed by atoms with Gasteiger partial charge in [0.1, 0.15) is 0 Å². The van der Waals surface area contributed by atoms with E-state index in [0.717, 1.165) is 11.8 Å². The van der Waals surface area contributed by atoms with E-state index >= 15 is 0 Å². The second-order valence-electron chi connectivity index (χ2n) is 4.45. The fourth-order valence-electron chi connectivity index (χ4n) is 2.26. The van der Waals surface area contributed by atoms with Crippen molar-refractivity contribution in [3.8, 4) is 0 Å². The maximum absolute atomic E-state index is 2.40. The summed E-state index contributed by atoms with van der Waals surface area (Å²) in [5.41, 5.74) is 1.47. The molecular weight excluding hydrogens is 168 g/mol. The summed E-state index contributed by atoms with van der Waals surface area (Å²) in [6, 6.07) is 10.8. The Morgan fingerprint density at radius 1 is 1.21 bits per heavy atom. The van der Waals surface area contributed by atoms with E-state index < -0.39 is 0 Å². The van der Waals surface area contributed by atoms with Crippen LogP contribution in [-0.4, -0.2) is 0 Å². The highest BCUT2D eigenvalue weighted by molar-refractivity contribution is 5.16. The first kappa shape index (κ1) is 9.51. The van der Waals surface area contributed by atoms with Gasteiger partial charge in [-0.05, 0) is 36.7 Å². The topological polar surface area (TPSA) is 0 Å². The van der Waals surface area contributed by atoms with Crippen LogP contribution in [0.5, 0.6) is 0 Å². The third kappa shape index (κ3) is 2.47. The highest BCUT2D eigenvalue weighted by Crippen LogP contribution is 2.25. The van der Waals surface area contributed by atoms with E-state index in [0.29, 0.717) is 0 Å². The van der Waals surface area contributed by atoms with E-state index in [9.17, 15) is 0 Å². The zero-order valence-electron chi connectivity index (χ0n) is 8.82. The molecule has 1 aromatic carbocycles. The Morgan fingerprint density at radius 3 is 2.71 bits per heavy atom. The molecule has 0 bridgehead atoms. The largest absolute Gasteiger partial charge is 0.0880 e. The van der Waals surface area contributed by atoms with E-state index in [1.54, 1.807) is 0 Å². The van der Waals surface area contributed by atoms with Crippen molar-refractivity contribution in [2.24, 2.45) is 11.8 Å². The van der Waals surface area contributed by atoms with Gasteiger partial charge in [-0.2, -0.15) is 0 Å². The van der Waals surface area contributed by atoms with Gasteiger partial charge in [-0.25, -0.2) is 0 Å². The first-order valence-electron chi connectivity index (χ1n) is 5.55. The van der Waals surface area contributed by atoms with Crippen molar-refractivity contribution in [3.63, 3.8) is 0 Å². The molecule has 0 amide bonds. The molecular formula is C14H18. The smallest absolute Gasteiger partial charge is 0.0190 e. The molecule has 0 heterocycles. The second kappa shape index (κ2) is 4.45. The molecule has 2 unspecified atom stereocenters. The van der Waals surface area contributed by atoms with E-state index in [4.69, 9.17) is 0 Å². The fourth-order valence-corrected chi connectivity index (χ4v) is 2.26. The second-order valence-corrected chi connectivity index (χ2v) is 4.45. The summed E-state index contributed by atoms with van der Waals surface area (Å²) in [6.45, 7) is 2.35. The minimum atomic E-state index is 0.765. The zero-order chi connectivity index (χ0) is 9.80. The third-order valence-corrected chi connectivity index (χ3v) is 2.99. The molecule has 0 heteroatoms. The molecule has 1 aromatic rings. The molecule has 0 aromatic heterocycles. The van der Waals surface area contributed by atoms with Crippen molar-refractivity contribution in [2.45, 2.75) is 26.2 Å². The summed E-state index contributed by atoms with van der Waals surface area (Å²) in [5, 5.41) is 0.